The molecular formula is C19H26N2O5. The van der Waals surface area contributed by atoms with E-state index in [0.717, 1.165) is 31.2 Å². The Morgan fingerprint density at radius 2 is 1.88 bits per heavy atom. The number of nitrogens with one attached hydrogen (secondary N) is 1. The minimum atomic E-state index is -1.00. The fourth-order valence-corrected chi connectivity index (χ4v) is 3.06. The molecule has 1 fully saturated rings. The maximum atomic E-state index is 12.7. The SMILES string of the molecule is C[C@H](NC(=O)OCc1ccccc1)C(=O)N1CCCCCC[C@H]1C(=O)O. The average molecular weight is 362 g/mol. The van der Waals surface area contributed by atoms with Crippen LogP contribution in [-0.4, -0.2) is 46.6 Å². The smallest absolute Gasteiger partial charge is 0.408 e. The Hall–Kier alpha value is -2.57. The normalized spacial score (nSPS) is 19.0. The predicted molar refractivity (Wildman–Crippen MR) is 95.4 cm³/mol. The van der Waals surface area contributed by atoms with Crippen molar-refractivity contribution >= 4 is 18.0 Å². The first kappa shape index (κ1) is 19.8. The minimum absolute atomic E-state index is 0.106. The standard InChI is InChI=1S/C19H26N2O5/c1-14(20-19(25)26-13-15-9-5-4-6-10-15)17(22)21-12-8-3-2-7-11-16(21)18(23)24/h4-6,9-10,14,16H,2-3,7-8,11-13H2,1H3,(H,20,25)(H,23,24)/t14-,16-/m0/s1. The Morgan fingerprint density at radius 3 is 2.58 bits per heavy atom. The molecule has 0 aromatic heterocycles. The van der Waals surface area contributed by atoms with Gasteiger partial charge >= 0.3 is 12.1 Å². The molecule has 7 nitrogen and oxygen atoms in total. The van der Waals surface area contributed by atoms with Crippen LogP contribution in [0.15, 0.2) is 30.3 Å². The molecule has 26 heavy (non-hydrogen) atoms. The molecule has 0 spiro atoms. The van der Waals surface area contributed by atoms with Crippen LogP contribution in [0.2, 0.25) is 0 Å². The number of rotatable bonds is 5. The molecule has 2 amide bonds. The van der Waals surface area contributed by atoms with Gasteiger partial charge in [0, 0.05) is 6.54 Å². The zero-order valence-electron chi connectivity index (χ0n) is 15.0. The zero-order chi connectivity index (χ0) is 18.9. The van der Waals surface area contributed by atoms with Gasteiger partial charge in [0.25, 0.3) is 0 Å². The van der Waals surface area contributed by atoms with Crippen molar-refractivity contribution in [3.8, 4) is 0 Å². The van der Waals surface area contributed by atoms with Crippen LogP contribution in [0.1, 0.15) is 44.6 Å². The third-order valence-corrected chi connectivity index (χ3v) is 4.49. The highest BCUT2D eigenvalue weighted by molar-refractivity contribution is 5.89. The second-order valence-electron chi connectivity index (χ2n) is 6.52. The summed E-state index contributed by atoms with van der Waals surface area (Å²) in [6, 6.07) is 7.53. The lowest BCUT2D eigenvalue weighted by Crippen LogP contribution is -2.53. The van der Waals surface area contributed by atoms with Crippen LogP contribution in [0, 0.1) is 0 Å². The fraction of sp³-hybridized carbons (Fsp3) is 0.526. The molecule has 1 aliphatic rings. The van der Waals surface area contributed by atoms with Crippen LogP contribution in [0.3, 0.4) is 0 Å². The summed E-state index contributed by atoms with van der Waals surface area (Å²) in [4.78, 5) is 37.5. The van der Waals surface area contributed by atoms with Gasteiger partial charge in [-0.2, -0.15) is 0 Å². The molecule has 2 atom stereocenters. The van der Waals surface area contributed by atoms with Crippen LogP contribution >= 0.6 is 0 Å². The first-order chi connectivity index (χ1) is 12.5. The number of amides is 2. The van der Waals surface area contributed by atoms with E-state index in [2.05, 4.69) is 5.32 Å². The number of likely N-dealkylation sites (tertiary alicyclic amines) is 1. The molecule has 7 heteroatoms. The Balaban J connectivity index is 1.91. The van der Waals surface area contributed by atoms with Crippen LogP contribution in [0.25, 0.3) is 0 Å². The average Bonchev–Trinajstić information content (AvgIpc) is 2.60. The molecule has 1 aliphatic heterocycles. The minimum Gasteiger partial charge on any atom is -0.480 e. The summed E-state index contributed by atoms with van der Waals surface area (Å²) < 4.78 is 5.12. The summed E-state index contributed by atoms with van der Waals surface area (Å²) >= 11 is 0. The van der Waals surface area contributed by atoms with Crippen molar-refractivity contribution in [3.05, 3.63) is 35.9 Å². The second kappa shape index (κ2) is 9.79. The van der Waals surface area contributed by atoms with Gasteiger partial charge in [0.2, 0.25) is 5.91 Å². The molecule has 1 heterocycles. The largest absolute Gasteiger partial charge is 0.480 e. The van der Waals surface area contributed by atoms with Gasteiger partial charge in [-0.1, -0.05) is 49.6 Å². The van der Waals surface area contributed by atoms with Crippen LogP contribution in [-0.2, 0) is 20.9 Å². The zero-order valence-corrected chi connectivity index (χ0v) is 15.0. The highest BCUT2D eigenvalue weighted by Gasteiger charge is 2.33. The molecule has 0 bridgehead atoms. The van der Waals surface area contributed by atoms with Gasteiger partial charge < -0.3 is 20.1 Å². The van der Waals surface area contributed by atoms with Crippen molar-refractivity contribution in [2.75, 3.05) is 6.54 Å². The topological polar surface area (TPSA) is 95.9 Å². The number of hydrogen-bond acceptors (Lipinski definition) is 4. The molecule has 0 aliphatic carbocycles. The number of carboxylic acids is 1. The van der Waals surface area contributed by atoms with Crippen molar-refractivity contribution < 1.29 is 24.2 Å². The lowest BCUT2D eigenvalue weighted by Gasteiger charge is -2.32. The van der Waals surface area contributed by atoms with E-state index in [4.69, 9.17) is 4.74 Å². The Labute approximate surface area is 153 Å². The van der Waals surface area contributed by atoms with E-state index in [-0.39, 0.29) is 6.61 Å². The lowest BCUT2D eigenvalue weighted by molar-refractivity contribution is -0.151. The molecule has 1 aromatic carbocycles. The van der Waals surface area contributed by atoms with Gasteiger partial charge in [-0.05, 0) is 25.3 Å². The van der Waals surface area contributed by atoms with Crippen molar-refractivity contribution in [1.82, 2.24) is 10.2 Å². The molecule has 2 N–H and O–H groups in total. The summed E-state index contributed by atoms with van der Waals surface area (Å²) in [5.74, 6) is -1.39. The fourth-order valence-electron chi connectivity index (χ4n) is 3.06. The first-order valence-electron chi connectivity index (χ1n) is 8.99. The Bertz CT molecular complexity index is 620. The van der Waals surface area contributed by atoms with Gasteiger partial charge in [-0.15, -0.1) is 0 Å². The van der Waals surface area contributed by atoms with E-state index in [9.17, 15) is 19.5 Å². The molecule has 0 saturated carbocycles. The number of alkyl carbamates (subject to hydrolysis) is 1. The number of aliphatic carboxylic acids is 1. The number of ether oxygens (including phenoxy) is 1. The van der Waals surface area contributed by atoms with Crippen LogP contribution in [0.4, 0.5) is 4.79 Å². The monoisotopic (exact) mass is 362 g/mol. The predicted octanol–water partition coefficient (Wildman–Crippen LogP) is 2.55. The number of carboxylic acid groups (broad SMARTS) is 1. The third-order valence-electron chi connectivity index (χ3n) is 4.49. The van der Waals surface area contributed by atoms with E-state index in [1.54, 1.807) is 6.92 Å². The Kier molecular flexibility index (Phi) is 7.44. The molecule has 142 valence electrons. The Morgan fingerprint density at radius 1 is 1.19 bits per heavy atom. The van der Waals surface area contributed by atoms with E-state index in [1.165, 1.54) is 4.90 Å². The van der Waals surface area contributed by atoms with Gasteiger partial charge in [0.05, 0.1) is 0 Å². The maximum absolute atomic E-state index is 12.7. The molecule has 2 rings (SSSR count). The third kappa shape index (κ3) is 5.75. The number of nitrogens with zero attached hydrogens (tertiary/aromatic N) is 1. The second-order valence-corrected chi connectivity index (χ2v) is 6.52. The van der Waals surface area contributed by atoms with Gasteiger partial charge in [-0.25, -0.2) is 9.59 Å². The maximum Gasteiger partial charge on any atom is 0.408 e. The number of carbonyl (C=O) groups excluding carboxylic acids is 2. The number of carbonyl (C=O) groups is 3. The van der Waals surface area contributed by atoms with E-state index >= 15 is 0 Å². The highest BCUT2D eigenvalue weighted by Crippen LogP contribution is 2.18. The van der Waals surface area contributed by atoms with Crippen molar-refractivity contribution in [2.24, 2.45) is 0 Å². The lowest BCUT2D eigenvalue weighted by atomic mass is 10.0. The number of hydrogen-bond donors (Lipinski definition) is 2. The van der Waals surface area contributed by atoms with Crippen molar-refractivity contribution in [2.45, 2.75) is 57.7 Å². The van der Waals surface area contributed by atoms with Crippen LogP contribution in [0.5, 0.6) is 0 Å². The van der Waals surface area contributed by atoms with Gasteiger partial charge in [0.1, 0.15) is 18.7 Å². The van der Waals surface area contributed by atoms with Crippen molar-refractivity contribution in [3.63, 3.8) is 0 Å². The molecule has 0 unspecified atom stereocenters. The summed E-state index contributed by atoms with van der Waals surface area (Å²) in [6.45, 7) is 2.04. The summed E-state index contributed by atoms with van der Waals surface area (Å²) in [7, 11) is 0. The molecule has 0 radical (unpaired) electrons. The van der Waals surface area contributed by atoms with E-state index < -0.39 is 30.1 Å². The summed E-state index contributed by atoms with van der Waals surface area (Å²) in [6.07, 6.45) is 3.23. The van der Waals surface area contributed by atoms with Gasteiger partial charge in [0.15, 0.2) is 0 Å². The quantitative estimate of drug-likeness (QED) is 0.839. The van der Waals surface area contributed by atoms with Crippen molar-refractivity contribution in [1.29, 1.82) is 0 Å². The first-order valence-corrected chi connectivity index (χ1v) is 8.99. The molecular weight excluding hydrogens is 336 g/mol. The summed E-state index contributed by atoms with van der Waals surface area (Å²) in [5.41, 5.74) is 0.844. The molecule has 1 aromatic rings. The van der Waals surface area contributed by atoms with Crippen LogP contribution < -0.4 is 5.32 Å². The summed E-state index contributed by atoms with van der Waals surface area (Å²) in [5, 5.41) is 11.9. The van der Waals surface area contributed by atoms with Gasteiger partial charge in [-0.3, -0.25) is 4.79 Å². The van der Waals surface area contributed by atoms with E-state index in [1.807, 2.05) is 30.3 Å². The highest BCUT2D eigenvalue weighted by atomic mass is 16.5. The number of benzene rings is 1. The molecule has 1 saturated heterocycles. The van der Waals surface area contributed by atoms with E-state index in [0.29, 0.717) is 13.0 Å².